The van der Waals surface area contributed by atoms with Crippen molar-refractivity contribution in [2.75, 3.05) is 0 Å². The van der Waals surface area contributed by atoms with Gasteiger partial charge in [-0.15, -0.1) is 0 Å². The summed E-state index contributed by atoms with van der Waals surface area (Å²) in [5, 5.41) is 4.09. The van der Waals surface area contributed by atoms with Gasteiger partial charge in [0.15, 0.2) is 0 Å². The molecular weight excluding hydrogens is 240 g/mol. The summed E-state index contributed by atoms with van der Waals surface area (Å²) in [6.07, 6.45) is 7.82. The standard InChI is InChI=1S/C14H18N4O/c1-9-8-16-6-5-12(9)13-17-14(19-18-13)10-3-2-4-11(15)7-10/h5-6,8,10-11H,2-4,7,15H2,1H3. The maximum Gasteiger partial charge on any atom is 0.230 e. The minimum absolute atomic E-state index is 0.261. The van der Waals surface area contributed by atoms with Crippen LogP contribution in [-0.4, -0.2) is 21.2 Å². The number of nitrogens with two attached hydrogens (primary N) is 1. The number of aryl methyl sites for hydroxylation is 1. The summed E-state index contributed by atoms with van der Waals surface area (Å²) in [7, 11) is 0. The minimum Gasteiger partial charge on any atom is -0.339 e. The van der Waals surface area contributed by atoms with E-state index in [-0.39, 0.29) is 6.04 Å². The molecule has 2 atom stereocenters. The zero-order valence-electron chi connectivity index (χ0n) is 11.0. The van der Waals surface area contributed by atoms with Crippen molar-refractivity contribution in [1.82, 2.24) is 15.1 Å². The Kier molecular flexibility index (Phi) is 3.29. The Hall–Kier alpha value is -1.75. The Labute approximate surface area is 112 Å². The summed E-state index contributed by atoms with van der Waals surface area (Å²) in [6.45, 7) is 1.99. The molecule has 0 saturated heterocycles. The second-order valence-electron chi connectivity index (χ2n) is 5.27. The smallest absolute Gasteiger partial charge is 0.230 e. The molecule has 0 radical (unpaired) electrons. The van der Waals surface area contributed by atoms with Crippen molar-refractivity contribution in [3.05, 3.63) is 29.9 Å². The maximum atomic E-state index is 6.01. The summed E-state index contributed by atoms with van der Waals surface area (Å²) < 4.78 is 5.42. The summed E-state index contributed by atoms with van der Waals surface area (Å²) in [6, 6.07) is 2.17. The second kappa shape index (κ2) is 5.09. The van der Waals surface area contributed by atoms with Gasteiger partial charge in [0.05, 0.1) is 0 Å². The highest BCUT2D eigenvalue weighted by Gasteiger charge is 2.25. The van der Waals surface area contributed by atoms with Gasteiger partial charge in [-0.25, -0.2) is 0 Å². The number of pyridine rings is 1. The van der Waals surface area contributed by atoms with Crippen molar-refractivity contribution in [3.63, 3.8) is 0 Å². The summed E-state index contributed by atoms with van der Waals surface area (Å²) >= 11 is 0. The lowest BCUT2D eigenvalue weighted by Gasteiger charge is -2.23. The molecule has 100 valence electrons. The average molecular weight is 258 g/mol. The largest absolute Gasteiger partial charge is 0.339 e. The third-order valence-electron chi connectivity index (χ3n) is 3.77. The van der Waals surface area contributed by atoms with Gasteiger partial charge in [0.25, 0.3) is 0 Å². The molecule has 0 spiro atoms. The highest BCUT2D eigenvalue weighted by molar-refractivity contribution is 5.57. The van der Waals surface area contributed by atoms with Crippen LogP contribution in [0.25, 0.3) is 11.4 Å². The van der Waals surface area contributed by atoms with Gasteiger partial charge in [0.1, 0.15) is 0 Å². The van der Waals surface area contributed by atoms with E-state index in [0.717, 1.165) is 42.7 Å². The monoisotopic (exact) mass is 258 g/mol. The molecule has 1 aliphatic rings. The molecule has 2 N–H and O–H groups in total. The van der Waals surface area contributed by atoms with Crippen LogP contribution in [0.2, 0.25) is 0 Å². The van der Waals surface area contributed by atoms with Gasteiger partial charge in [0, 0.05) is 29.9 Å². The Morgan fingerprint density at radius 2 is 2.26 bits per heavy atom. The zero-order chi connectivity index (χ0) is 13.2. The van der Waals surface area contributed by atoms with E-state index >= 15 is 0 Å². The third-order valence-corrected chi connectivity index (χ3v) is 3.77. The van der Waals surface area contributed by atoms with Crippen LogP contribution in [0.1, 0.15) is 43.1 Å². The Morgan fingerprint density at radius 3 is 3.05 bits per heavy atom. The fourth-order valence-electron chi connectivity index (χ4n) is 2.69. The van der Waals surface area contributed by atoms with E-state index in [1.165, 1.54) is 0 Å². The predicted octanol–water partition coefficient (Wildman–Crippen LogP) is 2.42. The van der Waals surface area contributed by atoms with Gasteiger partial charge >= 0.3 is 0 Å². The first-order chi connectivity index (χ1) is 9.24. The van der Waals surface area contributed by atoms with Crippen molar-refractivity contribution in [1.29, 1.82) is 0 Å². The normalized spacial score (nSPS) is 23.5. The van der Waals surface area contributed by atoms with Crippen molar-refractivity contribution >= 4 is 0 Å². The summed E-state index contributed by atoms with van der Waals surface area (Å²) in [5.41, 5.74) is 8.03. The Balaban J connectivity index is 1.85. The first kappa shape index (κ1) is 12.3. The van der Waals surface area contributed by atoms with Crippen molar-refractivity contribution < 1.29 is 4.52 Å². The highest BCUT2D eigenvalue weighted by Crippen LogP contribution is 2.32. The molecule has 1 aliphatic carbocycles. The first-order valence-electron chi connectivity index (χ1n) is 6.74. The van der Waals surface area contributed by atoms with E-state index in [1.54, 1.807) is 6.20 Å². The van der Waals surface area contributed by atoms with Gasteiger partial charge < -0.3 is 10.3 Å². The van der Waals surface area contributed by atoms with Crippen LogP contribution in [0, 0.1) is 6.92 Å². The maximum absolute atomic E-state index is 6.01. The van der Waals surface area contributed by atoms with Crippen molar-refractivity contribution in [2.24, 2.45) is 5.73 Å². The number of hydrogen-bond acceptors (Lipinski definition) is 5. The zero-order valence-corrected chi connectivity index (χ0v) is 11.0. The topological polar surface area (TPSA) is 77.8 Å². The molecule has 2 aromatic heterocycles. The SMILES string of the molecule is Cc1cnccc1-c1noc(C2CCCC(N)C2)n1. The molecule has 0 amide bonds. The van der Waals surface area contributed by atoms with Crippen LogP contribution in [0.4, 0.5) is 0 Å². The molecule has 2 aromatic rings. The van der Waals surface area contributed by atoms with E-state index in [0.29, 0.717) is 11.7 Å². The van der Waals surface area contributed by atoms with Crippen LogP contribution < -0.4 is 5.73 Å². The fraction of sp³-hybridized carbons (Fsp3) is 0.500. The Bertz CT molecular complexity index is 566. The quantitative estimate of drug-likeness (QED) is 0.895. The van der Waals surface area contributed by atoms with Crippen LogP contribution in [0.3, 0.4) is 0 Å². The molecule has 0 aromatic carbocycles. The number of nitrogens with zero attached hydrogens (tertiary/aromatic N) is 3. The molecule has 2 heterocycles. The molecular formula is C14H18N4O. The molecule has 5 heteroatoms. The molecule has 0 bridgehead atoms. The average Bonchev–Trinajstić information content (AvgIpc) is 2.89. The minimum atomic E-state index is 0.261. The van der Waals surface area contributed by atoms with E-state index in [2.05, 4.69) is 15.1 Å². The van der Waals surface area contributed by atoms with Crippen LogP contribution in [0.5, 0.6) is 0 Å². The van der Waals surface area contributed by atoms with Crippen LogP contribution >= 0.6 is 0 Å². The van der Waals surface area contributed by atoms with E-state index < -0.39 is 0 Å². The van der Waals surface area contributed by atoms with Gasteiger partial charge in [-0.05, 0) is 37.8 Å². The molecule has 5 nitrogen and oxygen atoms in total. The molecule has 2 unspecified atom stereocenters. The lowest BCUT2D eigenvalue weighted by Crippen LogP contribution is -2.26. The number of aromatic nitrogens is 3. The summed E-state index contributed by atoms with van der Waals surface area (Å²) in [5.74, 6) is 1.68. The van der Waals surface area contributed by atoms with Crippen LogP contribution in [-0.2, 0) is 0 Å². The molecule has 3 rings (SSSR count). The fourth-order valence-corrected chi connectivity index (χ4v) is 2.69. The molecule has 0 aliphatic heterocycles. The first-order valence-corrected chi connectivity index (χ1v) is 6.74. The number of rotatable bonds is 2. The molecule has 19 heavy (non-hydrogen) atoms. The van der Waals surface area contributed by atoms with E-state index in [4.69, 9.17) is 10.3 Å². The summed E-state index contributed by atoms with van der Waals surface area (Å²) in [4.78, 5) is 8.61. The third kappa shape index (κ3) is 2.51. The molecule has 1 saturated carbocycles. The Morgan fingerprint density at radius 1 is 1.37 bits per heavy atom. The van der Waals surface area contributed by atoms with Gasteiger partial charge in [-0.3, -0.25) is 4.98 Å². The highest BCUT2D eigenvalue weighted by atomic mass is 16.5. The van der Waals surface area contributed by atoms with E-state index in [1.807, 2.05) is 19.2 Å². The van der Waals surface area contributed by atoms with Gasteiger partial charge in [-0.1, -0.05) is 11.6 Å². The van der Waals surface area contributed by atoms with Gasteiger partial charge in [0.2, 0.25) is 11.7 Å². The lowest BCUT2D eigenvalue weighted by atomic mass is 9.86. The second-order valence-corrected chi connectivity index (χ2v) is 5.27. The van der Waals surface area contributed by atoms with Crippen molar-refractivity contribution in [3.8, 4) is 11.4 Å². The predicted molar refractivity (Wildman–Crippen MR) is 71.5 cm³/mol. The lowest BCUT2D eigenvalue weighted by molar-refractivity contribution is 0.299. The van der Waals surface area contributed by atoms with Crippen LogP contribution in [0.15, 0.2) is 23.0 Å². The van der Waals surface area contributed by atoms with Crippen molar-refractivity contribution in [2.45, 2.75) is 44.6 Å². The van der Waals surface area contributed by atoms with E-state index in [9.17, 15) is 0 Å². The number of hydrogen-bond donors (Lipinski definition) is 1. The molecule has 1 fully saturated rings. The van der Waals surface area contributed by atoms with Gasteiger partial charge in [-0.2, -0.15) is 4.98 Å².